The Morgan fingerprint density at radius 2 is 1.90 bits per heavy atom. The van der Waals surface area contributed by atoms with Crippen molar-refractivity contribution in [3.63, 3.8) is 0 Å². The Morgan fingerprint density at radius 3 is 2.72 bits per heavy atom. The first-order valence-corrected chi connectivity index (χ1v) is 10.5. The first-order valence-electron chi connectivity index (χ1n) is 9.11. The summed E-state index contributed by atoms with van der Waals surface area (Å²) in [6.45, 7) is 4.79. The van der Waals surface area contributed by atoms with Gasteiger partial charge in [-0.05, 0) is 35.9 Å². The Labute approximate surface area is 178 Å². The number of hydrogen-bond donors (Lipinski definition) is 0. The van der Waals surface area contributed by atoms with E-state index in [1.807, 2.05) is 35.0 Å². The second-order valence-corrected chi connectivity index (χ2v) is 7.70. The fourth-order valence-corrected chi connectivity index (χ4v) is 4.03. The van der Waals surface area contributed by atoms with Gasteiger partial charge in [-0.15, -0.1) is 16.8 Å². The molecule has 0 saturated heterocycles. The van der Waals surface area contributed by atoms with Gasteiger partial charge < -0.3 is 4.74 Å². The van der Waals surface area contributed by atoms with Gasteiger partial charge in [0.25, 0.3) is 0 Å². The number of rotatable bonds is 8. The molecule has 0 bridgehead atoms. The predicted octanol–water partition coefficient (Wildman–Crippen LogP) is 5.54. The Bertz CT molecular complexity index is 1120. The molecule has 2 heterocycles. The number of benzene rings is 2. The van der Waals surface area contributed by atoms with Gasteiger partial charge in [0.1, 0.15) is 12.4 Å². The van der Waals surface area contributed by atoms with Crippen LogP contribution in [0.1, 0.15) is 11.4 Å². The zero-order valence-electron chi connectivity index (χ0n) is 15.7. The molecule has 5 nitrogen and oxygen atoms in total. The number of para-hydroxylation sites is 1. The van der Waals surface area contributed by atoms with Crippen LogP contribution in [-0.4, -0.2) is 19.7 Å². The third-order valence-corrected chi connectivity index (χ3v) is 5.63. The Morgan fingerprint density at radius 1 is 1.07 bits per heavy atom. The Hall–Kier alpha value is -2.83. The summed E-state index contributed by atoms with van der Waals surface area (Å²) < 4.78 is 7.85. The Balaban J connectivity index is 1.50. The highest BCUT2D eigenvalue weighted by Gasteiger charge is 2.13. The first-order chi connectivity index (χ1) is 14.2. The molecule has 0 aliphatic heterocycles. The second kappa shape index (κ2) is 9.11. The SMILES string of the molecule is C=CCn1c(COc2ccc(Cl)cc2)nnc1SCc1cccc2cccnc12. The van der Waals surface area contributed by atoms with Gasteiger partial charge in [-0.25, -0.2) is 0 Å². The second-order valence-electron chi connectivity index (χ2n) is 6.32. The third-order valence-electron chi connectivity index (χ3n) is 4.36. The molecule has 0 radical (unpaired) electrons. The number of nitrogens with zero attached hydrogens (tertiary/aromatic N) is 4. The lowest BCUT2D eigenvalue weighted by Gasteiger charge is -2.10. The van der Waals surface area contributed by atoms with Gasteiger partial charge in [-0.2, -0.15) is 0 Å². The summed E-state index contributed by atoms with van der Waals surface area (Å²) in [5.74, 6) is 2.23. The number of pyridine rings is 1. The minimum Gasteiger partial charge on any atom is -0.486 e. The average molecular weight is 423 g/mol. The number of allylic oxidation sites excluding steroid dienone is 1. The molecule has 0 saturated carbocycles. The molecule has 0 spiro atoms. The van der Waals surface area contributed by atoms with E-state index in [0.29, 0.717) is 18.2 Å². The van der Waals surface area contributed by atoms with Crippen LogP contribution in [0, 0.1) is 0 Å². The highest BCUT2D eigenvalue weighted by molar-refractivity contribution is 7.98. The van der Waals surface area contributed by atoms with Crippen molar-refractivity contribution < 1.29 is 4.74 Å². The van der Waals surface area contributed by atoms with Crippen molar-refractivity contribution in [3.8, 4) is 5.75 Å². The zero-order valence-corrected chi connectivity index (χ0v) is 17.2. The van der Waals surface area contributed by atoms with Crippen molar-refractivity contribution in [1.29, 1.82) is 0 Å². The van der Waals surface area contributed by atoms with E-state index >= 15 is 0 Å². The standard InChI is InChI=1S/C22H19ClN4OS/c1-2-13-27-20(14-28-19-10-8-18(23)9-11-19)25-26-22(27)29-15-17-6-3-5-16-7-4-12-24-21(16)17/h2-12H,1,13-15H2. The summed E-state index contributed by atoms with van der Waals surface area (Å²) in [7, 11) is 0. The number of thioether (sulfide) groups is 1. The highest BCUT2D eigenvalue weighted by atomic mass is 35.5. The van der Waals surface area contributed by atoms with Crippen LogP contribution in [0.5, 0.6) is 5.75 Å². The lowest BCUT2D eigenvalue weighted by molar-refractivity contribution is 0.289. The number of ether oxygens (including phenoxy) is 1. The van der Waals surface area contributed by atoms with Gasteiger partial charge >= 0.3 is 0 Å². The van der Waals surface area contributed by atoms with E-state index < -0.39 is 0 Å². The van der Waals surface area contributed by atoms with E-state index in [1.54, 1.807) is 23.9 Å². The van der Waals surface area contributed by atoms with Crippen molar-refractivity contribution in [1.82, 2.24) is 19.7 Å². The van der Waals surface area contributed by atoms with Crippen LogP contribution in [0.15, 0.2) is 78.6 Å². The third kappa shape index (κ3) is 4.60. The molecule has 2 aromatic carbocycles. The first kappa shape index (κ1) is 19.5. The molecule has 29 heavy (non-hydrogen) atoms. The summed E-state index contributed by atoms with van der Waals surface area (Å²) in [5.41, 5.74) is 2.18. The molecule has 146 valence electrons. The van der Waals surface area contributed by atoms with Gasteiger partial charge in [0, 0.05) is 28.9 Å². The van der Waals surface area contributed by atoms with Crippen LogP contribution >= 0.6 is 23.4 Å². The van der Waals surface area contributed by atoms with Crippen molar-refractivity contribution in [2.45, 2.75) is 24.1 Å². The van der Waals surface area contributed by atoms with Gasteiger partial charge in [-0.3, -0.25) is 9.55 Å². The van der Waals surface area contributed by atoms with E-state index in [1.165, 1.54) is 5.56 Å². The van der Waals surface area contributed by atoms with Crippen LogP contribution in [0.25, 0.3) is 10.9 Å². The molecule has 0 atom stereocenters. The molecule has 0 fully saturated rings. The van der Waals surface area contributed by atoms with Crippen LogP contribution < -0.4 is 4.74 Å². The molecular formula is C22H19ClN4OS. The van der Waals surface area contributed by atoms with Crippen LogP contribution in [0.4, 0.5) is 0 Å². The van der Waals surface area contributed by atoms with E-state index in [4.69, 9.17) is 16.3 Å². The summed E-state index contributed by atoms with van der Waals surface area (Å²) >= 11 is 7.55. The maximum Gasteiger partial charge on any atom is 0.191 e. The largest absolute Gasteiger partial charge is 0.486 e. The minimum absolute atomic E-state index is 0.318. The Kier molecular flexibility index (Phi) is 6.12. The zero-order chi connectivity index (χ0) is 20.1. The van der Waals surface area contributed by atoms with Crippen LogP contribution in [-0.2, 0) is 18.9 Å². The summed E-state index contributed by atoms with van der Waals surface area (Å²) in [4.78, 5) is 4.52. The molecular weight excluding hydrogens is 404 g/mol. The van der Waals surface area contributed by atoms with Crippen molar-refractivity contribution in [3.05, 3.63) is 89.9 Å². The molecule has 0 amide bonds. The van der Waals surface area contributed by atoms with Crippen molar-refractivity contribution >= 4 is 34.3 Å². The van der Waals surface area contributed by atoms with Gasteiger partial charge in [0.05, 0.1) is 5.52 Å². The van der Waals surface area contributed by atoms with Crippen LogP contribution in [0.2, 0.25) is 5.02 Å². The minimum atomic E-state index is 0.318. The molecule has 0 aliphatic carbocycles. The molecule has 7 heteroatoms. The number of hydrogen-bond acceptors (Lipinski definition) is 5. The maximum absolute atomic E-state index is 5.92. The number of halogens is 1. The van der Waals surface area contributed by atoms with Gasteiger partial charge in [0.15, 0.2) is 11.0 Å². The van der Waals surface area contributed by atoms with E-state index in [9.17, 15) is 0 Å². The maximum atomic E-state index is 5.92. The van der Waals surface area contributed by atoms with E-state index in [2.05, 4.69) is 46.0 Å². The van der Waals surface area contributed by atoms with E-state index in [-0.39, 0.29) is 0 Å². The molecule has 2 aromatic heterocycles. The molecule has 0 N–H and O–H groups in total. The predicted molar refractivity (Wildman–Crippen MR) is 117 cm³/mol. The lowest BCUT2D eigenvalue weighted by atomic mass is 10.1. The number of aromatic nitrogens is 4. The molecule has 4 aromatic rings. The van der Waals surface area contributed by atoms with Crippen LogP contribution in [0.3, 0.4) is 0 Å². The highest BCUT2D eigenvalue weighted by Crippen LogP contribution is 2.26. The van der Waals surface area contributed by atoms with E-state index in [0.717, 1.165) is 33.4 Å². The quantitative estimate of drug-likeness (QED) is 0.276. The fraction of sp³-hybridized carbons (Fsp3) is 0.136. The smallest absolute Gasteiger partial charge is 0.191 e. The molecule has 0 aliphatic rings. The summed E-state index contributed by atoms with van der Waals surface area (Å²) in [6, 6.07) is 17.5. The summed E-state index contributed by atoms with van der Waals surface area (Å²) in [6.07, 6.45) is 3.65. The lowest BCUT2D eigenvalue weighted by Crippen LogP contribution is -2.07. The molecule has 0 unspecified atom stereocenters. The fourth-order valence-electron chi connectivity index (χ4n) is 2.95. The molecule has 4 rings (SSSR count). The van der Waals surface area contributed by atoms with Gasteiger partial charge in [-0.1, -0.05) is 53.7 Å². The monoisotopic (exact) mass is 422 g/mol. The van der Waals surface area contributed by atoms with Crippen molar-refractivity contribution in [2.24, 2.45) is 0 Å². The topological polar surface area (TPSA) is 52.8 Å². The van der Waals surface area contributed by atoms with Crippen molar-refractivity contribution in [2.75, 3.05) is 0 Å². The van der Waals surface area contributed by atoms with Gasteiger partial charge in [0.2, 0.25) is 0 Å². The number of fused-ring (bicyclic) bond motifs is 1. The average Bonchev–Trinajstić information content (AvgIpc) is 3.13. The normalized spacial score (nSPS) is 10.9. The summed E-state index contributed by atoms with van der Waals surface area (Å²) in [5, 5.41) is 11.3.